The van der Waals surface area contributed by atoms with Crippen molar-refractivity contribution in [1.29, 1.82) is 0 Å². The summed E-state index contributed by atoms with van der Waals surface area (Å²) < 4.78 is 52.5. The molecule has 3 amide bonds. The number of urea groups is 1. The lowest BCUT2D eigenvalue weighted by Gasteiger charge is -2.35. The summed E-state index contributed by atoms with van der Waals surface area (Å²) in [6.07, 6.45) is 1.54. The fourth-order valence-corrected chi connectivity index (χ4v) is 6.98. The van der Waals surface area contributed by atoms with Crippen LogP contribution in [-0.2, 0) is 14.8 Å². The van der Waals surface area contributed by atoms with Crippen LogP contribution in [0.3, 0.4) is 0 Å². The number of aliphatic hydroxyl groups excluding tert-OH is 1. The van der Waals surface area contributed by atoms with Crippen LogP contribution in [0.1, 0.15) is 56.0 Å². The molecule has 3 aromatic rings. The minimum Gasteiger partial charge on any atom is -0.490 e. The summed E-state index contributed by atoms with van der Waals surface area (Å²) in [6, 6.07) is 15.4. The molecule has 13 nitrogen and oxygen atoms in total. The molecule has 0 fully saturated rings. The second-order valence-corrected chi connectivity index (χ2v) is 15.0. The summed E-state index contributed by atoms with van der Waals surface area (Å²) in [6.45, 7) is 8.14. The van der Waals surface area contributed by atoms with Crippen LogP contribution in [0.2, 0.25) is 0 Å². The van der Waals surface area contributed by atoms with Crippen LogP contribution < -0.4 is 24.2 Å². The number of rotatable bonds is 8. The molecule has 0 spiro atoms. The molecule has 2 aliphatic rings. The van der Waals surface area contributed by atoms with Crippen molar-refractivity contribution in [2.24, 2.45) is 5.92 Å². The number of carbonyl (C=O) groups is 2. The summed E-state index contributed by atoms with van der Waals surface area (Å²) in [7, 11) is -2.27. The molecule has 5 rings (SSSR count). The Labute approximate surface area is 299 Å². The molecule has 3 N–H and O–H groups in total. The molecule has 2 heterocycles. The molecule has 4 atom stereocenters. The van der Waals surface area contributed by atoms with Crippen molar-refractivity contribution in [1.82, 2.24) is 9.80 Å². The van der Waals surface area contributed by atoms with Crippen molar-refractivity contribution in [2.45, 2.75) is 70.1 Å². The fraction of sp³-hybridized carbons (Fsp3) is 0.459. The molecule has 0 aliphatic carbocycles. The Morgan fingerprint density at radius 3 is 2.45 bits per heavy atom. The number of nitrogens with one attached hydrogen (secondary N) is 2. The van der Waals surface area contributed by atoms with Crippen LogP contribution in [-0.4, -0.2) is 93.7 Å². The summed E-state index contributed by atoms with van der Waals surface area (Å²) in [5, 5.41) is 13.2. The lowest BCUT2D eigenvalue weighted by Crippen LogP contribution is -2.48. The summed E-state index contributed by atoms with van der Waals surface area (Å²) in [5.74, 6) is 0.768. The highest BCUT2D eigenvalue weighted by Crippen LogP contribution is 2.34. The minimum absolute atomic E-state index is 0.0920. The SMILES string of the molecule is Cc1ccc(S(=O)(=O)Nc2ccc3c(c2)C(=O)N([C@H](C)CO)C[C@@H](C)[C@@H](CN(C)C(=O)Nc2ccc4c(c2)OCO4)OCCCC[C@H](C)O3)cc1. The van der Waals surface area contributed by atoms with Crippen molar-refractivity contribution in [3.63, 3.8) is 0 Å². The van der Waals surface area contributed by atoms with Crippen LogP contribution in [0.5, 0.6) is 17.2 Å². The van der Waals surface area contributed by atoms with Gasteiger partial charge in [0.05, 0.1) is 35.3 Å². The van der Waals surface area contributed by atoms with E-state index in [1.807, 2.05) is 20.8 Å². The van der Waals surface area contributed by atoms with Gasteiger partial charge in [0.1, 0.15) is 5.75 Å². The van der Waals surface area contributed by atoms with Crippen molar-refractivity contribution >= 4 is 33.3 Å². The number of hydrogen-bond acceptors (Lipinski definition) is 9. The average Bonchev–Trinajstić information content (AvgIpc) is 3.57. The van der Waals surface area contributed by atoms with Gasteiger partial charge in [0.15, 0.2) is 11.5 Å². The highest BCUT2D eigenvalue weighted by Gasteiger charge is 2.31. The van der Waals surface area contributed by atoms with Crippen molar-refractivity contribution in [3.05, 3.63) is 71.8 Å². The number of likely N-dealkylation sites (N-methyl/N-ethyl adjacent to an activating group) is 1. The number of benzene rings is 3. The maximum absolute atomic E-state index is 14.4. The van der Waals surface area contributed by atoms with E-state index in [4.69, 9.17) is 18.9 Å². The van der Waals surface area contributed by atoms with Gasteiger partial charge < -0.3 is 39.2 Å². The Morgan fingerprint density at radius 2 is 1.71 bits per heavy atom. The van der Waals surface area contributed by atoms with E-state index in [2.05, 4.69) is 10.0 Å². The predicted molar refractivity (Wildman–Crippen MR) is 193 cm³/mol. The maximum Gasteiger partial charge on any atom is 0.321 e. The first-order chi connectivity index (χ1) is 24.3. The van der Waals surface area contributed by atoms with Gasteiger partial charge in [-0.3, -0.25) is 9.52 Å². The van der Waals surface area contributed by atoms with Gasteiger partial charge in [-0.05, 0) is 82.5 Å². The molecular weight excluding hydrogens is 676 g/mol. The van der Waals surface area contributed by atoms with Gasteiger partial charge in [-0.15, -0.1) is 0 Å². The van der Waals surface area contributed by atoms with Gasteiger partial charge in [-0.25, -0.2) is 13.2 Å². The highest BCUT2D eigenvalue weighted by molar-refractivity contribution is 7.92. The molecule has 0 saturated carbocycles. The third-order valence-electron chi connectivity index (χ3n) is 9.06. The van der Waals surface area contributed by atoms with E-state index < -0.39 is 28.1 Å². The van der Waals surface area contributed by atoms with E-state index in [-0.39, 0.29) is 60.7 Å². The first-order valence-corrected chi connectivity index (χ1v) is 18.7. The van der Waals surface area contributed by atoms with E-state index in [1.54, 1.807) is 61.3 Å². The number of amides is 3. The predicted octanol–water partition coefficient (Wildman–Crippen LogP) is 5.48. The molecule has 14 heteroatoms. The zero-order chi connectivity index (χ0) is 36.7. The molecule has 0 aromatic heterocycles. The molecule has 0 bridgehead atoms. The van der Waals surface area contributed by atoms with Crippen LogP contribution in [0.25, 0.3) is 0 Å². The zero-order valence-corrected chi connectivity index (χ0v) is 30.6. The van der Waals surface area contributed by atoms with Crippen LogP contribution in [0, 0.1) is 12.8 Å². The standard InChI is InChI=1S/C37H48N4O9S/c1-24-9-13-30(14-10-24)51(45,46)39-29-12-15-32-31(18-29)36(43)41(26(3)22-42)20-25(2)35(47-17-7-6-8-27(4)50-32)21-40(5)37(44)38-28-11-16-33-34(19-28)49-23-48-33/h9-16,18-19,25-27,35,39,42H,6-8,17,20-23H2,1-5H3,(H,38,44)/t25-,26-,27+,35-/m1/s1. The second-order valence-electron chi connectivity index (χ2n) is 13.3. The van der Waals surface area contributed by atoms with Crippen LogP contribution >= 0.6 is 0 Å². The molecular formula is C37H48N4O9S. The average molecular weight is 725 g/mol. The number of sulfonamides is 1. The topological polar surface area (TPSA) is 156 Å². The zero-order valence-electron chi connectivity index (χ0n) is 29.8. The number of anilines is 2. The number of fused-ring (bicyclic) bond motifs is 2. The largest absolute Gasteiger partial charge is 0.490 e. The third kappa shape index (κ3) is 9.63. The Bertz CT molecular complexity index is 1790. The lowest BCUT2D eigenvalue weighted by atomic mass is 10.0. The third-order valence-corrected chi connectivity index (χ3v) is 10.5. The Morgan fingerprint density at radius 1 is 1.00 bits per heavy atom. The minimum atomic E-state index is -3.95. The van der Waals surface area contributed by atoms with Crippen LogP contribution in [0.15, 0.2) is 65.6 Å². The van der Waals surface area contributed by atoms with Gasteiger partial charge in [0, 0.05) is 50.1 Å². The number of ether oxygens (including phenoxy) is 4. The van der Waals surface area contributed by atoms with Crippen molar-refractivity contribution in [2.75, 3.05) is 50.2 Å². The molecule has 2 aliphatic heterocycles. The van der Waals surface area contributed by atoms with E-state index >= 15 is 0 Å². The fourth-order valence-electron chi connectivity index (χ4n) is 5.93. The molecule has 51 heavy (non-hydrogen) atoms. The Hall–Kier alpha value is -4.53. The van der Waals surface area contributed by atoms with Gasteiger partial charge in [-0.2, -0.15) is 0 Å². The van der Waals surface area contributed by atoms with Gasteiger partial charge in [0.2, 0.25) is 6.79 Å². The number of nitrogens with zero attached hydrogens (tertiary/aromatic N) is 2. The molecule has 0 radical (unpaired) electrons. The number of aliphatic hydroxyl groups is 1. The highest BCUT2D eigenvalue weighted by atomic mass is 32.2. The lowest BCUT2D eigenvalue weighted by molar-refractivity contribution is -0.0115. The number of aryl methyl sites for hydroxylation is 1. The summed E-state index contributed by atoms with van der Waals surface area (Å²) >= 11 is 0. The van der Waals surface area contributed by atoms with Crippen molar-refractivity contribution < 1.29 is 42.1 Å². The molecule has 276 valence electrons. The Kier molecular flexibility index (Phi) is 12.3. The monoisotopic (exact) mass is 724 g/mol. The van der Waals surface area contributed by atoms with E-state index in [9.17, 15) is 23.1 Å². The van der Waals surface area contributed by atoms with Crippen molar-refractivity contribution in [3.8, 4) is 17.2 Å². The van der Waals surface area contributed by atoms with Gasteiger partial charge in [-0.1, -0.05) is 24.6 Å². The van der Waals surface area contributed by atoms with E-state index in [0.29, 0.717) is 36.0 Å². The molecule has 3 aromatic carbocycles. The quantitative estimate of drug-likeness (QED) is 0.274. The van der Waals surface area contributed by atoms with E-state index in [1.165, 1.54) is 23.1 Å². The second kappa shape index (κ2) is 16.7. The first-order valence-electron chi connectivity index (χ1n) is 17.2. The smallest absolute Gasteiger partial charge is 0.321 e. The first kappa shape index (κ1) is 37.7. The normalized spacial score (nSPS) is 20.4. The van der Waals surface area contributed by atoms with Crippen LogP contribution in [0.4, 0.5) is 16.2 Å². The van der Waals surface area contributed by atoms with Gasteiger partial charge >= 0.3 is 6.03 Å². The molecule has 0 saturated heterocycles. The number of carbonyl (C=O) groups excluding carboxylic acids is 2. The molecule has 0 unspecified atom stereocenters. The van der Waals surface area contributed by atoms with E-state index in [0.717, 1.165) is 18.4 Å². The summed E-state index contributed by atoms with van der Waals surface area (Å²) in [5.41, 5.74) is 1.84. The Balaban J connectivity index is 1.39. The maximum atomic E-state index is 14.4. The van der Waals surface area contributed by atoms with Gasteiger partial charge in [0.25, 0.3) is 15.9 Å². The number of hydrogen-bond donors (Lipinski definition) is 3. The summed E-state index contributed by atoms with van der Waals surface area (Å²) in [4.78, 5) is 30.9.